The molecule has 0 saturated carbocycles. The van der Waals surface area contributed by atoms with Crippen LogP contribution in [-0.4, -0.2) is 19.2 Å². The summed E-state index contributed by atoms with van der Waals surface area (Å²) in [6.07, 6.45) is 0.979. The number of halogens is 1. The average molecular weight is 239 g/mol. The first-order valence-electron chi connectivity index (χ1n) is 6.15. The normalized spacial score (nSPS) is 11.1. The minimum Gasteiger partial charge on any atom is -0.377 e. The second-order valence-electron chi connectivity index (χ2n) is 4.59. The number of hydrogen-bond acceptors (Lipinski definition) is 2. The molecule has 0 aromatic heterocycles. The lowest BCUT2D eigenvalue weighted by molar-refractivity contribution is 0.117. The van der Waals surface area contributed by atoms with Crippen LogP contribution >= 0.6 is 0 Å². The summed E-state index contributed by atoms with van der Waals surface area (Å²) in [6, 6.07) is 5.32. The number of hydrogen-bond donors (Lipinski definition) is 1. The van der Waals surface area contributed by atoms with E-state index in [1.54, 1.807) is 12.1 Å². The third kappa shape index (κ3) is 5.80. The van der Waals surface area contributed by atoms with Crippen molar-refractivity contribution in [3.8, 4) is 0 Å². The van der Waals surface area contributed by atoms with E-state index in [1.807, 2.05) is 6.92 Å². The molecule has 17 heavy (non-hydrogen) atoms. The zero-order valence-corrected chi connectivity index (χ0v) is 10.9. The number of ether oxygens (including phenoxy) is 1. The number of benzene rings is 1. The van der Waals surface area contributed by atoms with Gasteiger partial charge < -0.3 is 10.1 Å². The van der Waals surface area contributed by atoms with Gasteiger partial charge in [-0.3, -0.25) is 0 Å². The molecule has 1 rings (SSSR count). The summed E-state index contributed by atoms with van der Waals surface area (Å²) in [5.74, 6) is -0.198. The molecule has 1 aromatic rings. The van der Waals surface area contributed by atoms with Gasteiger partial charge in [-0.25, -0.2) is 4.39 Å². The van der Waals surface area contributed by atoms with Crippen LogP contribution in [0.1, 0.15) is 31.4 Å². The van der Waals surface area contributed by atoms with Crippen molar-refractivity contribution in [3.63, 3.8) is 0 Å². The molecule has 96 valence electrons. The molecule has 0 aliphatic carbocycles. The zero-order valence-electron chi connectivity index (χ0n) is 10.9. The lowest BCUT2D eigenvalue weighted by Crippen LogP contribution is -2.24. The summed E-state index contributed by atoms with van der Waals surface area (Å²) in [7, 11) is 0. The Hall–Kier alpha value is -0.930. The van der Waals surface area contributed by atoms with Crippen LogP contribution in [0.25, 0.3) is 0 Å². The highest BCUT2D eigenvalue weighted by atomic mass is 19.1. The molecule has 1 N–H and O–H groups in total. The largest absolute Gasteiger partial charge is 0.377 e. The van der Waals surface area contributed by atoms with Gasteiger partial charge in [-0.15, -0.1) is 0 Å². The van der Waals surface area contributed by atoms with E-state index in [4.69, 9.17) is 4.74 Å². The highest BCUT2D eigenvalue weighted by Crippen LogP contribution is 2.11. The smallest absolute Gasteiger partial charge is 0.123 e. The minimum atomic E-state index is -0.198. The van der Waals surface area contributed by atoms with Gasteiger partial charge in [0.1, 0.15) is 5.82 Å². The van der Waals surface area contributed by atoms with Gasteiger partial charge in [-0.05, 0) is 43.1 Å². The fraction of sp³-hybridized carbons (Fsp3) is 0.571. The molecule has 0 aliphatic rings. The van der Waals surface area contributed by atoms with Crippen LogP contribution in [-0.2, 0) is 11.3 Å². The van der Waals surface area contributed by atoms with Crippen molar-refractivity contribution in [1.82, 2.24) is 5.32 Å². The monoisotopic (exact) mass is 239 g/mol. The molecule has 0 fully saturated rings. The SMILES string of the molecule is Cc1ccc(F)cc1COCCCNC(C)C. The van der Waals surface area contributed by atoms with E-state index in [9.17, 15) is 4.39 Å². The summed E-state index contributed by atoms with van der Waals surface area (Å²) in [5, 5.41) is 3.32. The van der Waals surface area contributed by atoms with Crippen molar-refractivity contribution in [1.29, 1.82) is 0 Å². The highest BCUT2D eigenvalue weighted by molar-refractivity contribution is 5.25. The second kappa shape index (κ2) is 7.41. The van der Waals surface area contributed by atoms with Crippen molar-refractivity contribution >= 4 is 0 Å². The van der Waals surface area contributed by atoms with Crippen LogP contribution in [0.3, 0.4) is 0 Å². The summed E-state index contributed by atoms with van der Waals surface area (Å²) in [5.41, 5.74) is 2.01. The van der Waals surface area contributed by atoms with Gasteiger partial charge in [0.25, 0.3) is 0 Å². The highest BCUT2D eigenvalue weighted by Gasteiger charge is 2.00. The maximum absolute atomic E-state index is 13.0. The third-order valence-electron chi connectivity index (χ3n) is 2.59. The third-order valence-corrected chi connectivity index (χ3v) is 2.59. The van der Waals surface area contributed by atoms with Gasteiger partial charge in [-0.2, -0.15) is 0 Å². The standard InChI is InChI=1S/C14H22FNO/c1-11(2)16-7-4-8-17-10-13-9-14(15)6-5-12(13)3/h5-6,9,11,16H,4,7-8,10H2,1-3H3. The molecule has 0 amide bonds. The minimum absolute atomic E-state index is 0.198. The number of nitrogens with one attached hydrogen (secondary N) is 1. The Labute approximate surface area is 103 Å². The second-order valence-corrected chi connectivity index (χ2v) is 4.59. The molecule has 0 spiro atoms. The Kier molecular flexibility index (Phi) is 6.16. The average Bonchev–Trinajstić information content (AvgIpc) is 2.27. The molecule has 0 bridgehead atoms. The molecule has 0 heterocycles. The van der Waals surface area contributed by atoms with Crippen LogP contribution < -0.4 is 5.32 Å². The molecule has 0 aliphatic heterocycles. The van der Waals surface area contributed by atoms with Gasteiger partial charge >= 0.3 is 0 Å². The fourth-order valence-corrected chi connectivity index (χ4v) is 1.54. The topological polar surface area (TPSA) is 21.3 Å². The predicted molar refractivity (Wildman–Crippen MR) is 68.5 cm³/mol. The van der Waals surface area contributed by atoms with Crippen LogP contribution in [0.15, 0.2) is 18.2 Å². The molecular weight excluding hydrogens is 217 g/mol. The van der Waals surface area contributed by atoms with Crippen LogP contribution in [0.4, 0.5) is 4.39 Å². The van der Waals surface area contributed by atoms with Crippen LogP contribution in [0, 0.1) is 12.7 Å². The van der Waals surface area contributed by atoms with Crippen molar-refractivity contribution in [2.24, 2.45) is 0 Å². The van der Waals surface area contributed by atoms with E-state index in [2.05, 4.69) is 19.2 Å². The van der Waals surface area contributed by atoms with Gasteiger partial charge in [0.05, 0.1) is 6.61 Å². The van der Waals surface area contributed by atoms with Crippen molar-refractivity contribution < 1.29 is 9.13 Å². The Morgan fingerprint density at radius 3 is 2.82 bits per heavy atom. The Bertz CT molecular complexity index is 339. The molecule has 3 heteroatoms. The fourth-order valence-electron chi connectivity index (χ4n) is 1.54. The molecular formula is C14H22FNO. The summed E-state index contributed by atoms with van der Waals surface area (Å²) in [4.78, 5) is 0. The van der Waals surface area contributed by atoms with Gasteiger partial charge in [0, 0.05) is 12.6 Å². The Morgan fingerprint density at radius 1 is 1.35 bits per heavy atom. The van der Waals surface area contributed by atoms with E-state index in [0.717, 1.165) is 24.1 Å². The quantitative estimate of drug-likeness (QED) is 0.738. The summed E-state index contributed by atoms with van der Waals surface area (Å²) in [6.45, 7) is 8.37. The van der Waals surface area contributed by atoms with Gasteiger partial charge in [0.15, 0.2) is 0 Å². The van der Waals surface area contributed by atoms with E-state index >= 15 is 0 Å². The summed E-state index contributed by atoms with van der Waals surface area (Å²) < 4.78 is 18.5. The number of aryl methyl sites for hydroxylation is 1. The first-order chi connectivity index (χ1) is 8.09. The first-order valence-corrected chi connectivity index (χ1v) is 6.15. The van der Waals surface area contributed by atoms with Crippen LogP contribution in [0.2, 0.25) is 0 Å². The molecule has 0 saturated heterocycles. The Morgan fingerprint density at radius 2 is 2.12 bits per heavy atom. The summed E-state index contributed by atoms with van der Waals surface area (Å²) >= 11 is 0. The Balaban J connectivity index is 2.20. The van der Waals surface area contributed by atoms with Gasteiger partial charge in [0.2, 0.25) is 0 Å². The van der Waals surface area contributed by atoms with Crippen LogP contribution in [0.5, 0.6) is 0 Å². The lowest BCUT2D eigenvalue weighted by Gasteiger charge is -2.09. The molecule has 0 unspecified atom stereocenters. The maximum atomic E-state index is 13.0. The molecule has 0 radical (unpaired) electrons. The maximum Gasteiger partial charge on any atom is 0.123 e. The van der Waals surface area contributed by atoms with E-state index in [1.165, 1.54) is 6.07 Å². The van der Waals surface area contributed by atoms with Crippen molar-refractivity contribution in [2.75, 3.05) is 13.2 Å². The van der Waals surface area contributed by atoms with E-state index < -0.39 is 0 Å². The van der Waals surface area contributed by atoms with Crippen molar-refractivity contribution in [2.45, 2.75) is 39.8 Å². The molecule has 0 atom stereocenters. The van der Waals surface area contributed by atoms with E-state index in [-0.39, 0.29) is 5.82 Å². The molecule has 1 aromatic carbocycles. The molecule has 2 nitrogen and oxygen atoms in total. The predicted octanol–water partition coefficient (Wildman–Crippen LogP) is 3.04. The van der Waals surface area contributed by atoms with Crippen molar-refractivity contribution in [3.05, 3.63) is 35.1 Å². The van der Waals surface area contributed by atoms with Gasteiger partial charge in [-0.1, -0.05) is 19.9 Å². The first kappa shape index (κ1) is 14.1. The van der Waals surface area contributed by atoms with E-state index in [0.29, 0.717) is 19.3 Å². The zero-order chi connectivity index (χ0) is 12.7. The number of rotatable bonds is 7. The lowest BCUT2D eigenvalue weighted by atomic mass is 10.1.